The van der Waals surface area contributed by atoms with Crippen molar-refractivity contribution in [3.63, 3.8) is 0 Å². The largest absolute Gasteiger partial charge is 0.327 e. The third kappa shape index (κ3) is 3.11. The highest BCUT2D eigenvalue weighted by Gasteiger charge is 2.32. The van der Waals surface area contributed by atoms with Gasteiger partial charge in [0.05, 0.1) is 6.04 Å². The Morgan fingerprint density at radius 1 is 1.00 bits per heavy atom. The molecule has 0 fully saturated rings. The molecule has 0 unspecified atom stereocenters. The molecule has 1 amide bonds. The van der Waals surface area contributed by atoms with Crippen molar-refractivity contribution in [3.05, 3.63) is 106 Å². The van der Waals surface area contributed by atoms with Crippen LogP contribution in [0.1, 0.15) is 33.1 Å². The van der Waals surface area contributed by atoms with Gasteiger partial charge in [-0.1, -0.05) is 54.1 Å². The second kappa shape index (κ2) is 6.93. The van der Waals surface area contributed by atoms with Crippen molar-refractivity contribution in [1.82, 2.24) is 4.90 Å². The Morgan fingerprint density at radius 2 is 1.77 bits per heavy atom. The summed E-state index contributed by atoms with van der Waals surface area (Å²) < 4.78 is 13.6. The summed E-state index contributed by atoms with van der Waals surface area (Å²) in [7, 11) is 0. The molecule has 4 rings (SSSR count). The molecule has 0 aromatic heterocycles. The Labute approximate surface area is 156 Å². The van der Waals surface area contributed by atoms with Crippen molar-refractivity contribution < 1.29 is 9.18 Å². The van der Waals surface area contributed by atoms with E-state index in [4.69, 9.17) is 11.6 Å². The van der Waals surface area contributed by atoms with Crippen LogP contribution in [0.2, 0.25) is 5.02 Å². The number of carbonyl (C=O) groups is 1. The molecule has 3 aromatic carbocycles. The predicted octanol–water partition coefficient (Wildman–Crippen LogP) is 5.27. The molecule has 3 aromatic rings. The van der Waals surface area contributed by atoms with Crippen LogP contribution in [-0.2, 0) is 6.42 Å². The number of hydrogen-bond donors (Lipinski definition) is 0. The maximum absolute atomic E-state index is 13.6. The zero-order valence-electron chi connectivity index (χ0n) is 14.0. The lowest BCUT2D eigenvalue weighted by Crippen LogP contribution is -2.40. The zero-order valence-corrected chi connectivity index (χ0v) is 14.8. The Hall–Kier alpha value is -2.65. The standard InChI is InChI=1S/C22H17ClFNO/c23-18-10-8-16(9-11-18)21-20-7-2-1-4-15(20)12-13-25(21)22(26)17-5-3-6-19(24)14-17/h1-11,14,21H,12-13H2/t21-/m0/s1. The zero-order chi connectivity index (χ0) is 18.1. The molecule has 0 saturated heterocycles. The maximum Gasteiger partial charge on any atom is 0.254 e. The van der Waals surface area contributed by atoms with Crippen molar-refractivity contribution in [2.75, 3.05) is 6.54 Å². The molecule has 4 heteroatoms. The molecular formula is C22H17ClFNO. The van der Waals surface area contributed by atoms with Gasteiger partial charge >= 0.3 is 0 Å². The van der Waals surface area contributed by atoms with Crippen LogP contribution >= 0.6 is 11.6 Å². The van der Waals surface area contributed by atoms with Gasteiger partial charge in [0.1, 0.15) is 5.82 Å². The van der Waals surface area contributed by atoms with Crippen molar-refractivity contribution >= 4 is 17.5 Å². The minimum Gasteiger partial charge on any atom is -0.327 e. The highest BCUT2D eigenvalue weighted by molar-refractivity contribution is 6.30. The Morgan fingerprint density at radius 3 is 2.54 bits per heavy atom. The number of benzene rings is 3. The van der Waals surface area contributed by atoms with Gasteiger partial charge in [-0.15, -0.1) is 0 Å². The molecule has 1 atom stereocenters. The summed E-state index contributed by atoms with van der Waals surface area (Å²) in [6, 6.07) is 21.4. The summed E-state index contributed by atoms with van der Waals surface area (Å²) in [5, 5.41) is 0.654. The van der Waals surface area contributed by atoms with E-state index in [1.165, 1.54) is 17.7 Å². The summed E-state index contributed by atoms with van der Waals surface area (Å²) in [5.41, 5.74) is 3.69. The summed E-state index contributed by atoms with van der Waals surface area (Å²) in [6.45, 7) is 0.583. The van der Waals surface area contributed by atoms with Gasteiger partial charge in [-0.2, -0.15) is 0 Å². The quantitative estimate of drug-likeness (QED) is 0.606. The van der Waals surface area contributed by atoms with Crippen LogP contribution in [0.25, 0.3) is 0 Å². The molecule has 1 heterocycles. The first-order chi connectivity index (χ1) is 12.6. The van der Waals surface area contributed by atoms with Gasteiger partial charge in [-0.3, -0.25) is 4.79 Å². The van der Waals surface area contributed by atoms with Crippen molar-refractivity contribution in [1.29, 1.82) is 0 Å². The Kier molecular flexibility index (Phi) is 4.48. The van der Waals surface area contributed by atoms with E-state index in [9.17, 15) is 9.18 Å². The molecule has 0 saturated carbocycles. The molecule has 0 bridgehead atoms. The van der Waals surface area contributed by atoms with Crippen LogP contribution in [0.4, 0.5) is 4.39 Å². The van der Waals surface area contributed by atoms with Gasteiger partial charge in [-0.25, -0.2) is 4.39 Å². The SMILES string of the molecule is O=C(c1cccc(F)c1)N1CCc2ccccc2[C@@H]1c1ccc(Cl)cc1. The second-order valence-electron chi connectivity index (χ2n) is 6.41. The summed E-state index contributed by atoms with van der Waals surface area (Å²) in [4.78, 5) is 15.0. The first-order valence-electron chi connectivity index (χ1n) is 8.53. The van der Waals surface area contributed by atoms with Gasteiger partial charge in [0.25, 0.3) is 5.91 Å². The van der Waals surface area contributed by atoms with E-state index >= 15 is 0 Å². The fourth-order valence-corrected chi connectivity index (χ4v) is 3.70. The highest BCUT2D eigenvalue weighted by Crippen LogP contribution is 2.36. The van der Waals surface area contributed by atoms with E-state index in [-0.39, 0.29) is 11.9 Å². The van der Waals surface area contributed by atoms with E-state index in [0.717, 1.165) is 17.5 Å². The number of carbonyl (C=O) groups excluding carboxylic acids is 1. The molecule has 0 radical (unpaired) electrons. The second-order valence-corrected chi connectivity index (χ2v) is 6.85. The van der Waals surface area contributed by atoms with Crippen molar-refractivity contribution in [2.45, 2.75) is 12.5 Å². The predicted molar refractivity (Wildman–Crippen MR) is 101 cm³/mol. The van der Waals surface area contributed by atoms with Crippen LogP contribution in [0.3, 0.4) is 0 Å². The van der Waals surface area contributed by atoms with Gasteiger partial charge in [0.15, 0.2) is 0 Å². The number of hydrogen-bond acceptors (Lipinski definition) is 1. The smallest absolute Gasteiger partial charge is 0.254 e. The van der Waals surface area contributed by atoms with E-state index < -0.39 is 5.82 Å². The van der Waals surface area contributed by atoms with Crippen LogP contribution in [0.15, 0.2) is 72.8 Å². The molecule has 0 N–H and O–H groups in total. The summed E-state index contributed by atoms with van der Waals surface area (Å²) in [5.74, 6) is -0.574. The maximum atomic E-state index is 13.6. The lowest BCUT2D eigenvalue weighted by molar-refractivity contribution is 0.0694. The van der Waals surface area contributed by atoms with Gasteiger partial charge in [0, 0.05) is 17.1 Å². The first kappa shape index (κ1) is 16.8. The average Bonchev–Trinajstić information content (AvgIpc) is 2.67. The lowest BCUT2D eigenvalue weighted by atomic mass is 9.87. The van der Waals surface area contributed by atoms with E-state index in [1.54, 1.807) is 12.1 Å². The monoisotopic (exact) mass is 365 g/mol. The van der Waals surface area contributed by atoms with Crippen LogP contribution in [-0.4, -0.2) is 17.4 Å². The minimum absolute atomic E-state index is 0.168. The molecule has 26 heavy (non-hydrogen) atoms. The van der Waals surface area contributed by atoms with Crippen LogP contribution < -0.4 is 0 Å². The van der Waals surface area contributed by atoms with Gasteiger partial charge < -0.3 is 4.90 Å². The third-order valence-electron chi connectivity index (χ3n) is 4.80. The fourth-order valence-electron chi connectivity index (χ4n) is 3.58. The number of nitrogens with zero attached hydrogens (tertiary/aromatic N) is 1. The van der Waals surface area contributed by atoms with Gasteiger partial charge in [0.2, 0.25) is 0 Å². The molecule has 130 valence electrons. The molecular weight excluding hydrogens is 349 g/mol. The van der Waals surface area contributed by atoms with Crippen molar-refractivity contribution in [3.8, 4) is 0 Å². The Bertz CT molecular complexity index is 954. The topological polar surface area (TPSA) is 20.3 Å². The molecule has 2 nitrogen and oxygen atoms in total. The third-order valence-corrected chi connectivity index (χ3v) is 5.05. The molecule has 0 spiro atoms. The van der Waals surface area contributed by atoms with Crippen LogP contribution in [0, 0.1) is 5.82 Å². The van der Waals surface area contributed by atoms with E-state index in [1.807, 2.05) is 41.3 Å². The molecule has 0 aliphatic carbocycles. The normalized spacial score (nSPS) is 16.2. The fraction of sp³-hybridized carbons (Fsp3) is 0.136. The number of fused-ring (bicyclic) bond motifs is 1. The van der Waals surface area contributed by atoms with Crippen molar-refractivity contribution in [2.24, 2.45) is 0 Å². The molecule has 1 aliphatic heterocycles. The number of rotatable bonds is 2. The molecule has 1 aliphatic rings. The number of halogens is 2. The highest BCUT2D eigenvalue weighted by atomic mass is 35.5. The van der Waals surface area contributed by atoms with E-state index in [0.29, 0.717) is 17.1 Å². The Balaban J connectivity index is 1.80. The van der Waals surface area contributed by atoms with Crippen LogP contribution in [0.5, 0.6) is 0 Å². The average molecular weight is 366 g/mol. The first-order valence-corrected chi connectivity index (χ1v) is 8.91. The minimum atomic E-state index is -0.406. The lowest BCUT2D eigenvalue weighted by Gasteiger charge is -2.38. The number of amides is 1. The summed E-state index contributed by atoms with van der Waals surface area (Å²) >= 11 is 6.04. The van der Waals surface area contributed by atoms with E-state index in [2.05, 4.69) is 12.1 Å². The van der Waals surface area contributed by atoms with Gasteiger partial charge in [-0.05, 0) is 53.4 Å². The summed E-state index contributed by atoms with van der Waals surface area (Å²) in [6.07, 6.45) is 0.779.